The van der Waals surface area contributed by atoms with Crippen molar-refractivity contribution >= 4 is 22.8 Å². The van der Waals surface area contributed by atoms with Crippen LogP contribution in [0.5, 0.6) is 0 Å². The van der Waals surface area contributed by atoms with Crippen LogP contribution < -0.4 is 10.6 Å². The van der Waals surface area contributed by atoms with E-state index < -0.39 is 0 Å². The van der Waals surface area contributed by atoms with Gasteiger partial charge in [0.15, 0.2) is 5.76 Å². The van der Waals surface area contributed by atoms with Gasteiger partial charge in [0, 0.05) is 6.54 Å². The van der Waals surface area contributed by atoms with Gasteiger partial charge < -0.3 is 19.6 Å². The van der Waals surface area contributed by atoms with Crippen molar-refractivity contribution in [3.8, 4) is 0 Å². The number of carbonyl (C=O) groups excluding carboxylic acids is 2. The Morgan fingerprint density at radius 3 is 2.77 bits per heavy atom. The Balaban J connectivity index is 1.87. The first-order chi connectivity index (χ1) is 12.6. The number of benzene rings is 1. The number of nitrogens with zero attached hydrogens (tertiary/aromatic N) is 2. The number of carbonyl (C=O) groups is 2. The summed E-state index contributed by atoms with van der Waals surface area (Å²) in [6.07, 6.45) is 2.33. The second kappa shape index (κ2) is 7.86. The maximum atomic E-state index is 12.3. The van der Waals surface area contributed by atoms with E-state index in [0.29, 0.717) is 12.4 Å². The van der Waals surface area contributed by atoms with Gasteiger partial charge in [0.1, 0.15) is 12.4 Å². The lowest BCUT2D eigenvalue weighted by molar-refractivity contribution is -0.121. The molecule has 0 bridgehead atoms. The van der Waals surface area contributed by atoms with Crippen LogP contribution in [0, 0.1) is 0 Å². The molecule has 0 aliphatic heterocycles. The largest absolute Gasteiger partial charge is 0.459 e. The van der Waals surface area contributed by atoms with Gasteiger partial charge in [-0.2, -0.15) is 0 Å². The van der Waals surface area contributed by atoms with Crippen molar-refractivity contribution in [1.82, 2.24) is 20.2 Å². The Morgan fingerprint density at radius 2 is 2.04 bits per heavy atom. The van der Waals surface area contributed by atoms with Gasteiger partial charge >= 0.3 is 0 Å². The van der Waals surface area contributed by atoms with Crippen LogP contribution in [0.2, 0.25) is 0 Å². The molecule has 0 aliphatic rings. The fourth-order valence-corrected chi connectivity index (χ4v) is 2.79. The molecular formula is C19H22N4O3. The van der Waals surface area contributed by atoms with Crippen LogP contribution >= 0.6 is 0 Å². The van der Waals surface area contributed by atoms with Crippen LogP contribution in [0.25, 0.3) is 11.0 Å². The standard InChI is InChI=1S/C19H22N4O3/c1-3-10-20-17(24)12-23-15-8-5-4-7-14(15)22-18(23)13(2)21-19(25)16-9-6-11-26-16/h4-9,11,13H,3,10,12H2,1-2H3,(H,20,24)(H,21,25). The molecule has 0 aliphatic carbocycles. The predicted octanol–water partition coefficient (Wildman–Crippen LogP) is 2.65. The summed E-state index contributed by atoms with van der Waals surface area (Å²) in [6.45, 7) is 4.62. The smallest absolute Gasteiger partial charge is 0.287 e. The van der Waals surface area contributed by atoms with E-state index in [1.54, 1.807) is 12.1 Å². The zero-order valence-corrected chi connectivity index (χ0v) is 14.9. The number of fused-ring (bicyclic) bond motifs is 1. The van der Waals surface area contributed by atoms with Crippen molar-refractivity contribution < 1.29 is 14.0 Å². The lowest BCUT2D eigenvalue weighted by atomic mass is 10.3. The molecule has 26 heavy (non-hydrogen) atoms. The van der Waals surface area contributed by atoms with Crippen molar-refractivity contribution in [3.63, 3.8) is 0 Å². The summed E-state index contributed by atoms with van der Waals surface area (Å²) < 4.78 is 6.97. The van der Waals surface area contributed by atoms with Crippen molar-refractivity contribution in [2.45, 2.75) is 32.9 Å². The molecule has 0 radical (unpaired) electrons. The number of hydrogen-bond acceptors (Lipinski definition) is 4. The average molecular weight is 354 g/mol. The molecule has 2 heterocycles. The molecular weight excluding hydrogens is 332 g/mol. The highest BCUT2D eigenvalue weighted by atomic mass is 16.3. The Morgan fingerprint density at radius 1 is 1.23 bits per heavy atom. The van der Waals surface area contributed by atoms with Gasteiger partial charge in [-0.15, -0.1) is 0 Å². The van der Waals surface area contributed by atoms with E-state index in [4.69, 9.17) is 4.42 Å². The molecule has 3 rings (SSSR count). The molecule has 0 saturated heterocycles. The van der Waals surface area contributed by atoms with Gasteiger partial charge in [-0.3, -0.25) is 9.59 Å². The van der Waals surface area contributed by atoms with E-state index in [1.807, 2.05) is 42.7 Å². The zero-order valence-electron chi connectivity index (χ0n) is 14.9. The Hall–Kier alpha value is -3.09. The van der Waals surface area contributed by atoms with Crippen molar-refractivity contribution in [2.24, 2.45) is 0 Å². The average Bonchev–Trinajstić information content (AvgIpc) is 3.28. The molecule has 1 aromatic carbocycles. The molecule has 0 fully saturated rings. The molecule has 2 amide bonds. The number of nitrogens with one attached hydrogen (secondary N) is 2. The third-order valence-electron chi connectivity index (χ3n) is 4.04. The number of amides is 2. The molecule has 7 heteroatoms. The van der Waals surface area contributed by atoms with Gasteiger partial charge in [0.05, 0.1) is 23.3 Å². The normalized spacial score (nSPS) is 12.1. The van der Waals surface area contributed by atoms with Crippen molar-refractivity contribution in [1.29, 1.82) is 0 Å². The number of rotatable bonds is 7. The fraction of sp³-hybridized carbons (Fsp3) is 0.316. The van der Waals surface area contributed by atoms with Crippen LogP contribution in [0.3, 0.4) is 0 Å². The number of furan rings is 1. The van der Waals surface area contributed by atoms with E-state index >= 15 is 0 Å². The zero-order chi connectivity index (χ0) is 18.5. The predicted molar refractivity (Wildman–Crippen MR) is 97.6 cm³/mol. The summed E-state index contributed by atoms with van der Waals surface area (Å²) in [5.74, 6) is 0.454. The molecule has 1 atom stereocenters. The summed E-state index contributed by atoms with van der Waals surface area (Å²) in [7, 11) is 0. The summed E-state index contributed by atoms with van der Waals surface area (Å²) in [6, 6.07) is 10.5. The van der Waals surface area contributed by atoms with Crippen LogP contribution in [0.15, 0.2) is 47.1 Å². The molecule has 0 spiro atoms. The molecule has 1 unspecified atom stereocenters. The third kappa shape index (κ3) is 3.77. The van der Waals surface area contributed by atoms with Crippen LogP contribution in [-0.2, 0) is 11.3 Å². The van der Waals surface area contributed by atoms with E-state index in [9.17, 15) is 9.59 Å². The van der Waals surface area contributed by atoms with Crippen molar-refractivity contribution in [3.05, 3.63) is 54.2 Å². The van der Waals surface area contributed by atoms with Gasteiger partial charge in [0.2, 0.25) is 5.91 Å². The van der Waals surface area contributed by atoms with Crippen LogP contribution in [-0.4, -0.2) is 27.9 Å². The maximum Gasteiger partial charge on any atom is 0.287 e. The first-order valence-corrected chi connectivity index (χ1v) is 8.66. The first kappa shape index (κ1) is 17.7. The number of hydrogen-bond donors (Lipinski definition) is 2. The summed E-state index contributed by atoms with van der Waals surface area (Å²) in [5, 5.41) is 5.74. The lowest BCUT2D eigenvalue weighted by Crippen LogP contribution is -2.32. The number of aromatic nitrogens is 2. The van der Waals surface area contributed by atoms with Gasteiger partial charge in [-0.05, 0) is 37.6 Å². The Kier molecular flexibility index (Phi) is 5.36. The van der Waals surface area contributed by atoms with E-state index in [1.165, 1.54) is 6.26 Å². The van der Waals surface area contributed by atoms with Crippen molar-refractivity contribution in [2.75, 3.05) is 6.54 Å². The topological polar surface area (TPSA) is 89.2 Å². The summed E-state index contributed by atoms with van der Waals surface area (Å²) >= 11 is 0. The quantitative estimate of drug-likeness (QED) is 0.683. The Labute approximate surface area is 151 Å². The highest BCUT2D eigenvalue weighted by Crippen LogP contribution is 2.21. The summed E-state index contributed by atoms with van der Waals surface area (Å²) in [4.78, 5) is 29.1. The minimum Gasteiger partial charge on any atom is -0.459 e. The summed E-state index contributed by atoms with van der Waals surface area (Å²) in [5.41, 5.74) is 1.64. The van der Waals surface area contributed by atoms with E-state index in [0.717, 1.165) is 17.5 Å². The van der Waals surface area contributed by atoms with Gasteiger partial charge in [-0.1, -0.05) is 19.1 Å². The van der Waals surface area contributed by atoms with Crippen LogP contribution in [0.1, 0.15) is 42.7 Å². The molecule has 3 aromatic rings. The second-order valence-electron chi connectivity index (χ2n) is 6.07. The third-order valence-corrected chi connectivity index (χ3v) is 4.04. The lowest BCUT2D eigenvalue weighted by Gasteiger charge is -2.15. The van der Waals surface area contributed by atoms with Gasteiger partial charge in [-0.25, -0.2) is 4.98 Å². The minimum absolute atomic E-state index is 0.0826. The molecule has 0 saturated carbocycles. The SMILES string of the molecule is CCCNC(=O)Cn1c(C(C)NC(=O)c2ccco2)nc2ccccc21. The molecule has 7 nitrogen and oxygen atoms in total. The highest BCUT2D eigenvalue weighted by molar-refractivity contribution is 5.91. The fourth-order valence-electron chi connectivity index (χ4n) is 2.79. The molecule has 2 aromatic heterocycles. The number of para-hydroxylation sites is 2. The van der Waals surface area contributed by atoms with E-state index in [-0.39, 0.29) is 30.2 Å². The minimum atomic E-state index is -0.390. The maximum absolute atomic E-state index is 12.3. The first-order valence-electron chi connectivity index (χ1n) is 8.66. The highest BCUT2D eigenvalue weighted by Gasteiger charge is 2.21. The van der Waals surface area contributed by atoms with E-state index in [2.05, 4.69) is 15.6 Å². The molecule has 136 valence electrons. The monoisotopic (exact) mass is 354 g/mol. The van der Waals surface area contributed by atoms with Gasteiger partial charge in [0.25, 0.3) is 5.91 Å². The van der Waals surface area contributed by atoms with Crippen LogP contribution in [0.4, 0.5) is 0 Å². The Bertz CT molecular complexity index is 899. The number of imidazole rings is 1. The second-order valence-corrected chi connectivity index (χ2v) is 6.07. The molecule has 2 N–H and O–H groups in total.